The molecule has 0 saturated heterocycles. The normalized spacial score (nSPS) is 25.0. The fraction of sp³-hybridized carbons (Fsp3) is 0.938. The van der Waals surface area contributed by atoms with Gasteiger partial charge in [0.25, 0.3) is 0 Å². The van der Waals surface area contributed by atoms with Gasteiger partial charge in [-0.2, -0.15) is 0 Å². The Morgan fingerprint density at radius 2 is 2.11 bits per heavy atom. The fourth-order valence-electron chi connectivity index (χ4n) is 3.00. The molecule has 112 valence electrons. The number of hydrogen-bond acceptors (Lipinski definition) is 3. The van der Waals surface area contributed by atoms with Crippen LogP contribution in [0.15, 0.2) is 0 Å². The van der Waals surface area contributed by atoms with Crippen molar-refractivity contribution in [3.05, 3.63) is 0 Å². The first-order valence-corrected chi connectivity index (χ1v) is 8.10. The predicted molar refractivity (Wildman–Crippen MR) is 79.1 cm³/mol. The molecule has 1 fully saturated rings. The molecule has 1 N–H and O–H groups in total. The number of esters is 1. The van der Waals surface area contributed by atoms with Gasteiger partial charge in [0.15, 0.2) is 0 Å². The quantitative estimate of drug-likeness (QED) is 0.540. The minimum atomic E-state index is 0.00707. The first-order chi connectivity index (χ1) is 9.17. The van der Waals surface area contributed by atoms with Crippen molar-refractivity contribution in [2.75, 3.05) is 6.61 Å². The van der Waals surface area contributed by atoms with Crippen LogP contribution in [0, 0.1) is 5.92 Å². The van der Waals surface area contributed by atoms with Crippen LogP contribution in [0.4, 0.5) is 0 Å². The van der Waals surface area contributed by atoms with Crippen LogP contribution < -0.4 is 5.32 Å². The number of rotatable bonds is 8. The first kappa shape index (κ1) is 16.5. The van der Waals surface area contributed by atoms with Gasteiger partial charge < -0.3 is 10.1 Å². The van der Waals surface area contributed by atoms with Gasteiger partial charge in [0, 0.05) is 12.1 Å². The van der Waals surface area contributed by atoms with Gasteiger partial charge in [0.05, 0.1) is 12.5 Å². The zero-order valence-corrected chi connectivity index (χ0v) is 12.9. The van der Waals surface area contributed by atoms with E-state index in [1.54, 1.807) is 0 Å². The molecule has 1 saturated carbocycles. The van der Waals surface area contributed by atoms with E-state index in [2.05, 4.69) is 19.2 Å². The van der Waals surface area contributed by atoms with Crippen LogP contribution >= 0.6 is 0 Å². The Bertz CT molecular complexity index is 255. The summed E-state index contributed by atoms with van der Waals surface area (Å²) in [5.74, 6) is 0.127. The summed E-state index contributed by atoms with van der Waals surface area (Å²) in [6, 6.07) is 1.07. The molecule has 1 aliphatic rings. The lowest BCUT2D eigenvalue weighted by molar-refractivity contribution is -0.149. The molecule has 1 aliphatic carbocycles. The topological polar surface area (TPSA) is 38.3 Å². The Balaban J connectivity index is 2.28. The number of nitrogens with one attached hydrogen (secondary N) is 1. The van der Waals surface area contributed by atoms with Gasteiger partial charge in [-0.15, -0.1) is 0 Å². The Hall–Kier alpha value is -0.570. The van der Waals surface area contributed by atoms with E-state index in [0.29, 0.717) is 18.7 Å². The molecule has 0 amide bonds. The van der Waals surface area contributed by atoms with Gasteiger partial charge in [-0.05, 0) is 39.5 Å². The molecule has 0 heterocycles. The second kappa shape index (κ2) is 9.35. The summed E-state index contributed by atoms with van der Waals surface area (Å²) in [6.07, 6.45) is 9.45. The van der Waals surface area contributed by atoms with E-state index >= 15 is 0 Å². The van der Waals surface area contributed by atoms with Crippen LogP contribution in [0.2, 0.25) is 0 Å². The van der Waals surface area contributed by atoms with Crippen molar-refractivity contribution in [3.8, 4) is 0 Å². The van der Waals surface area contributed by atoms with E-state index in [1.165, 1.54) is 32.1 Å². The average molecular weight is 269 g/mol. The lowest BCUT2D eigenvalue weighted by Gasteiger charge is -2.30. The molecular formula is C16H31NO2. The minimum Gasteiger partial charge on any atom is -0.466 e. The number of carbonyl (C=O) groups is 1. The van der Waals surface area contributed by atoms with Crippen molar-refractivity contribution in [3.63, 3.8) is 0 Å². The molecule has 3 atom stereocenters. The van der Waals surface area contributed by atoms with Crippen LogP contribution in [0.5, 0.6) is 0 Å². The Morgan fingerprint density at radius 1 is 1.32 bits per heavy atom. The van der Waals surface area contributed by atoms with Gasteiger partial charge in [-0.3, -0.25) is 4.79 Å². The standard InChI is InChI=1S/C16H31NO2/c1-4-6-7-9-13(3)17-15-11-8-10-14(12-15)16(18)19-5-2/h13-15,17H,4-12H2,1-3H3. The largest absolute Gasteiger partial charge is 0.466 e. The summed E-state index contributed by atoms with van der Waals surface area (Å²) in [4.78, 5) is 11.8. The summed E-state index contributed by atoms with van der Waals surface area (Å²) >= 11 is 0. The highest BCUT2D eigenvalue weighted by molar-refractivity contribution is 5.72. The van der Waals surface area contributed by atoms with Crippen LogP contribution in [0.25, 0.3) is 0 Å². The monoisotopic (exact) mass is 269 g/mol. The third-order valence-corrected chi connectivity index (χ3v) is 4.06. The Labute approximate surface area is 118 Å². The summed E-state index contributed by atoms with van der Waals surface area (Å²) in [6.45, 7) is 6.89. The average Bonchev–Trinajstić information content (AvgIpc) is 2.39. The molecule has 0 spiro atoms. The van der Waals surface area contributed by atoms with Crippen molar-refractivity contribution < 1.29 is 9.53 Å². The Morgan fingerprint density at radius 3 is 2.79 bits per heavy atom. The van der Waals surface area contributed by atoms with Crippen molar-refractivity contribution in [1.29, 1.82) is 0 Å². The Kier molecular flexibility index (Phi) is 8.11. The second-order valence-corrected chi connectivity index (χ2v) is 5.88. The molecule has 0 aromatic heterocycles. The summed E-state index contributed by atoms with van der Waals surface area (Å²) in [5, 5.41) is 3.70. The van der Waals surface area contributed by atoms with E-state index in [1.807, 2.05) is 6.92 Å². The van der Waals surface area contributed by atoms with Crippen molar-refractivity contribution in [2.45, 2.75) is 84.2 Å². The van der Waals surface area contributed by atoms with Gasteiger partial charge in [-0.25, -0.2) is 0 Å². The molecule has 0 aromatic rings. The molecule has 3 heteroatoms. The van der Waals surface area contributed by atoms with Crippen molar-refractivity contribution in [1.82, 2.24) is 5.32 Å². The summed E-state index contributed by atoms with van der Waals surface area (Å²) in [7, 11) is 0. The summed E-state index contributed by atoms with van der Waals surface area (Å²) < 4.78 is 5.15. The number of unbranched alkanes of at least 4 members (excludes halogenated alkanes) is 2. The van der Waals surface area contributed by atoms with Crippen LogP contribution in [-0.4, -0.2) is 24.7 Å². The van der Waals surface area contributed by atoms with Gasteiger partial charge in [0.1, 0.15) is 0 Å². The molecule has 0 aliphatic heterocycles. The number of hydrogen-bond donors (Lipinski definition) is 1. The lowest BCUT2D eigenvalue weighted by Crippen LogP contribution is -2.41. The highest BCUT2D eigenvalue weighted by atomic mass is 16.5. The van der Waals surface area contributed by atoms with E-state index < -0.39 is 0 Å². The van der Waals surface area contributed by atoms with Gasteiger partial charge in [-0.1, -0.05) is 32.6 Å². The molecule has 0 radical (unpaired) electrons. The third kappa shape index (κ3) is 6.42. The molecule has 3 nitrogen and oxygen atoms in total. The van der Waals surface area contributed by atoms with Gasteiger partial charge >= 0.3 is 5.97 Å². The van der Waals surface area contributed by atoms with Crippen LogP contribution in [-0.2, 0) is 9.53 Å². The summed E-state index contributed by atoms with van der Waals surface area (Å²) in [5.41, 5.74) is 0. The first-order valence-electron chi connectivity index (χ1n) is 8.10. The zero-order valence-electron chi connectivity index (χ0n) is 12.9. The van der Waals surface area contributed by atoms with Crippen molar-refractivity contribution in [2.24, 2.45) is 5.92 Å². The second-order valence-electron chi connectivity index (χ2n) is 5.88. The highest BCUT2D eigenvalue weighted by Crippen LogP contribution is 2.26. The molecule has 0 aromatic carbocycles. The molecule has 1 rings (SSSR count). The van der Waals surface area contributed by atoms with Crippen molar-refractivity contribution >= 4 is 5.97 Å². The van der Waals surface area contributed by atoms with Gasteiger partial charge in [0.2, 0.25) is 0 Å². The predicted octanol–water partition coefficient (Wildman–Crippen LogP) is 3.67. The van der Waals surface area contributed by atoms with E-state index in [4.69, 9.17) is 4.74 Å². The molecule has 0 bridgehead atoms. The molecule has 3 unspecified atom stereocenters. The number of carbonyl (C=O) groups excluding carboxylic acids is 1. The van der Waals surface area contributed by atoms with Crippen LogP contribution in [0.3, 0.4) is 0 Å². The van der Waals surface area contributed by atoms with Crippen LogP contribution in [0.1, 0.15) is 72.1 Å². The van der Waals surface area contributed by atoms with E-state index in [9.17, 15) is 4.79 Å². The maximum absolute atomic E-state index is 11.8. The maximum atomic E-state index is 11.8. The molecule has 19 heavy (non-hydrogen) atoms. The SMILES string of the molecule is CCCCCC(C)NC1CCCC(C(=O)OCC)C1. The fourth-order valence-corrected chi connectivity index (χ4v) is 3.00. The third-order valence-electron chi connectivity index (χ3n) is 4.06. The maximum Gasteiger partial charge on any atom is 0.308 e. The zero-order chi connectivity index (χ0) is 14.1. The molecular weight excluding hydrogens is 238 g/mol. The lowest BCUT2D eigenvalue weighted by atomic mass is 9.85. The van der Waals surface area contributed by atoms with E-state index in [-0.39, 0.29) is 11.9 Å². The van der Waals surface area contributed by atoms with E-state index in [0.717, 1.165) is 19.3 Å². The number of ether oxygens (including phenoxy) is 1. The smallest absolute Gasteiger partial charge is 0.308 e. The highest BCUT2D eigenvalue weighted by Gasteiger charge is 2.28. The minimum absolute atomic E-state index is 0.00707.